The van der Waals surface area contributed by atoms with Crippen LogP contribution in [0.15, 0.2) is 235 Å². The lowest BCUT2D eigenvalue weighted by molar-refractivity contribution is 0.669. The van der Waals surface area contributed by atoms with Crippen molar-refractivity contribution in [3.8, 4) is 67.3 Å². The fourth-order valence-corrected chi connectivity index (χ4v) is 9.32. The summed E-state index contributed by atoms with van der Waals surface area (Å²) in [6.07, 6.45) is 0. The molecule has 2 aromatic heterocycles. The van der Waals surface area contributed by atoms with Crippen molar-refractivity contribution in [1.82, 2.24) is 9.97 Å². The standard InChI is InChI=1S/C59H38N2O/c1-5-18-39(19-6-1)42-34-43(41-32-33-56-50(37-41)47-26-14-16-31-55(47)62-56)36-44(35-42)53-38-54(61-58(60-53)40-20-7-2-8-21-40)49-28-17-30-52-57(49)48-27-13-15-29-51(48)59(52,45-22-9-3-10-23-45)46-24-11-4-12-25-46/h1-38H/i14D,16D,26D,31D,32D,33D,37D. The molecule has 3 heteroatoms. The van der Waals surface area contributed by atoms with Crippen LogP contribution in [0, 0.1) is 0 Å². The molecule has 0 fully saturated rings. The first kappa shape index (κ1) is 29.1. The largest absolute Gasteiger partial charge is 0.456 e. The number of furan rings is 1. The summed E-state index contributed by atoms with van der Waals surface area (Å²) in [4.78, 5) is 10.6. The van der Waals surface area contributed by atoms with Crippen LogP contribution in [0.2, 0.25) is 0 Å². The van der Waals surface area contributed by atoms with Gasteiger partial charge in [-0.05, 0) is 98.0 Å². The molecule has 0 bridgehead atoms. The van der Waals surface area contributed by atoms with Crippen LogP contribution in [0.25, 0.3) is 89.2 Å². The molecular formula is C59H38N2O. The van der Waals surface area contributed by atoms with Crippen molar-refractivity contribution in [2.24, 2.45) is 0 Å². The van der Waals surface area contributed by atoms with Crippen molar-refractivity contribution >= 4 is 21.9 Å². The molecule has 0 aliphatic heterocycles. The predicted molar refractivity (Wildman–Crippen MR) is 254 cm³/mol. The van der Waals surface area contributed by atoms with E-state index >= 15 is 0 Å². The number of rotatable bonds is 7. The van der Waals surface area contributed by atoms with Crippen LogP contribution in [-0.2, 0) is 5.41 Å². The second-order valence-electron chi connectivity index (χ2n) is 15.5. The number of hydrogen-bond donors (Lipinski definition) is 0. The van der Waals surface area contributed by atoms with Gasteiger partial charge in [0.2, 0.25) is 0 Å². The molecule has 0 radical (unpaired) electrons. The van der Waals surface area contributed by atoms with Crippen molar-refractivity contribution in [3.63, 3.8) is 0 Å². The lowest BCUT2D eigenvalue weighted by atomic mass is 9.67. The Morgan fingerprint density at radius 3 is 1.71 bits per heavy atom. The lowest BCUT2D eigenvalue weighted by Crippen LogP contribution is -2.28. The number of para-hydroxylation sites is 1. The van der Waals surface area contributed by atoms with Crippen molar-refractivity contribution < 1.29 is 14.0 Å². The van der Waals surface area contributed by atoms with Crippen LogP contribution in [0.5, 0.6) is 0 Å². The smallest absolute Gasteiger partial charge is 0.160 e. The first-order chi connectivity index (χ1) is 33.6. The Morgan fingerprint density at radius 2 is 0.968 bits per heavy atom. The van der Waals surface area contributed by atoms with Crippen LogP contribution in [0.3, 0.4) is 0 Å². The molecule has 0 spiro atoms. The van der Waals surface area contributed by atoms with E-state index in [-0.39, 0.29) is 51.7 Å². The van der Waals surface area contributed by atoms with Gasteiger partial charge in [0.05, 0.1) is 26.4 Å². The maximum Gasteiger partial charge on any atom is 0.160 e. The van der Waals surface area contributed by atoms with Gasteiger partial charge in [0.1, 0.15) is 11.2 Å². The van der Waals surface area contributed by atoms with E-state index in [2.05, 4.69) is 103 Å². The second-order valence-corrected chi connectivity index (χ2v) is 15.5. The Hall–Kier alpha value is -8.14. The topological polar surface area (TPSA) is 38.9 Å². The highest BCUT2D eigenvalue weighted by atomic mass is 16.3. The number of fused-ring (bicyclic) bond motifs is 6. The molecule has 0 N–H and O–H groups in total. The molecule has 0 saturated carbocycles. The maximum atomic E-state index is 9.69. The fourth-order valence-electron chi connectivity index (χ4n) is 9.32. The molecule has 2 heterocycles. The third-order valence-electron chi connectivity index (χ3n) is 12.0. The molecular weight excluding hydrogens is 753 g/mol. The molecule has 12 rings (SSSR count). The van der Waals surface area contributed by atoms with E-state index in [9.17, 15) is 4.11 Å². The van der Waals surface area contributed by atoms with Crippen LogP contribution in [0.4, 0.5) is 0 Å². The van der Waals surface area contributed by atoms with Crippen molar-refractivity contribution in [3.05, 3.63) is 253 Å². The summed E-state index contributed by atoms with van der Waals surface area (Å²) in [6, 6.07) is 61.4. The van der Waals surface area contributed by atoms with Crippen molar-refractivity contribution in [1.29, 1.82) is 0 Å². The molecule has 0 atom stereocenters. The minimum atomic E-state index is -0.629. The molecule has 3 nitrogen and oxygen atoms in total. The number of benzene rings is 9. The SMILES string of the molecule is [2H]c1c([2H])c([2H])c2c(oc3c([2H])c([2H])c(-c4cc(-c5ccccc5)cc(-c5cc(-c6cccc7c6-c6ccccc6C7(c6ccccc6)c6ccccc6)nc(-c6ccccc6)n5)c4)c([2H])c32)c1[2H]. The summed E-state index contributed by atoms with van der Waals surface area (Å²) in [5, 5.41) is 0.0549. The van der Waals surface area contributed by atoms with E-state index in [0.29, 0.717) is 28.3 Å². The third-order valence-corrected chi connectivity index (χ3v) is 12.0. The summed E-state index contributed by atoms with van der Waals surface area (Å²) in [6.45, 7) is 0. The number of nitrogens with zero attached hydrogens (tertiary/aromatic N) is 2. The Bertz CT molecular complexity index is 3820. The normalized spacial score (nSPS) is 14.2. The molecule has 0 amide bonds. The fraction of sp³-hybridized carbons (Fsp3) is 0.0169. The average Bonchev–Trinajstić information content (AvgIpc) is 3.96. The zero-order valence-electron chi connectivity index (χ0n) is 40.2. The quantitative estimate of drug-likeness (QED) is 0.161. The molecule has 1 aliphatic rings. The minimum absolute atomic E-state index is 0.00338. The molecule has 0 saturated heterocycles. The monoisotopic (exact) mass is 797 g/mol. The Balaban J connectivity index is 1.14. The van der Waals surface area contributed by atoms with E-state index in [1.54, 1.807) is 0 Å². The van der Waals surface area contributed by atoms with E-state index < -0.39 is 23.5 Å². The highest BCUT2D eigenvalue weighted by molar-refractivity contribution is 6.06. The lowest BCUT2D eigenvalue weighted by Gasteiger charge is -2.33. The van der Waals surface area contributed by atoms with E-state index in [1.165, 1.54) is 5.56 Å². The Morgan fingerprint density at radius 1 is 0.403 bits per heavy atom. The van der Waals surface area contributed by atoms with Gasteiger partial charge in [-0.3, -0.25) is 0 Å². The predicted octanol–water partition coefficient (Wildman–Crippen LogP) is 15.1. The van der Waals surface area contributed by atoms with Crippen LogP contribution < -0.4 is 0 Å². The number of aromatic nitrogens is 2. The van der Waals surface area contributed by atoms with Gasteiger partial charge in [0.15, 0.2) is 5.82 Å². The van der Waals surface area contributed by atoms with Gasteiger partial charge in [-0.25, -0.2) is 9.97 Å². The van der Waals surface area contributed by atoms with Gasteiger partial charge >= 0.3 is 0 Å². The van der Waals surface area contributed by atoms with E-state index in [1.807, 2.05) is 84.9 Å². The van der Waals surface area contributed by atoms with Crippen LogP contribution in [0.1, 0.15) is 31.8 Å². The van der Waals surface area contributed by atoms with Gasteiger partial charge in [-0.15, -0.1) is 0 Å². The van der Waals surface area contributed by atoms with Crippen molar-refractivity contribution in [2.75, 3.05) is 0 Å². The zero-order chi connectivity index (χ0) is 47.1. The Kier molecular flexibility index (Phi) is 6.84. The highest BCUT2D eigenvalue weighted by Crippen LogP contribution is 2.58. The van der Waals surface area contributed by atoms with Crippen LogP contribution in [-0.4, -0.2) is 9.97 Å². The Labute approximate surface area is 370 Å². The molecule has 62 heavy (non-hydrogen) atoms. The summed E-state index contributed by atoms with van der Waals surface area (Å²) in [5.41, 5.74) is 11.8. The third kappa shape index (κ3) is 5.74. The van der Waals surface area contributed by atoms with Crippen molar-refractivity contribution in [2.45, 2.75) is 5.41 Å². The van der Waals surface area contributed by atoms with Crippen LogP contribution >= 0.6 is 0 Å². The maximum absolute atomic E-state index is 9.69. The summed E-state index contributed by atoms with van der Waals surface area (Å²) >= 11 is 0. The average molecular weight is 798 g/mol. The van der Waals surface area contributed by atoms with Gasteiger partial charge < -0.3 is 4.42 Å². The van der Waals surface area contributed by atoms with E-state index in [4.69, 9.17) is 19.9 Å². The highest BCUT2D eigenvalue weighted by Gasteiger charge is 2.46. The molecule has 11 aromatic rings. The first-order valence-corrected chi connectivity index (χ1v) is 20.6. The van der Waals surface area contributed by atoms with Gasteiger partial charge in [0.25, 0.3) is 0 Å². The van der Waals surface area contributed by atoms with Gasteiger partial charge in [-0.2, -0.15) is 0 Å². The van der Waals surface area contributed by atoms with Gasteiger partial charge in [-0.1, -0.05) is 188 Å². The van der Waals surface area contributed by atoms with Gasteiger partial charge in [0, 0.05) is 27.5 Å². The molecule has 0 unspecified atom stereocenters. The summed E-state index contributed by atoms with van der Waals surface area (Å²) in [7, 11) is 0. The zero-order valence-corrected chi connectivity index (χ0v) is 33.2. The first-order valence-electron chi connectivity index (χ1n) is 24.1. The second kappa shape index (κ2) is 14.5. The van der Waals surface area contributed by atoms with E-state index in [0.717, 1.165) is 50.1 Å². The number of hydrogen-bond acceptors (Lipinski definition) is 3. The molecule has 290 valence electrons. The summed E-state index contributed by atoms with van der Waals surface area (Å²) < 4.78 is 68.4. The minimum Gasteiger partial charge on any atom is -0.456 e. The summed E-state index contributed by atoms with van der Waals surface area (Å²) in [5.74, 6) is 0.507. The molecule has 1 aliphatic carbocycles. The molecule has 9 aromatic carbocycles.